The number of halogens is 2. The molecule has 1 unspecified atom stereocenters. The molecule has 2 aromatic rings. The van der Waals surface area contributed by atoms with Gasteiger partial charge < -0.3 is 29.8 Å². The van der Waals surface area contributed by atoms with Crippen molar-refractivity contribution in [1.82, 2.24) is 4.98 Å². The maximum Gasteiger partial charge on any atom is 0.229 e. The maximum atomic E-state index is 9.89. The molecule has 21 heavy (non-hydrogen) atoms. The Bertz CT molecular complexity index is 663. The van der Waals surface area contributed by atoms with Crippen LogP contribution in [0.25, 0.3) is 10.9 Å². The first kappa shape index (κ1) is 15.1. The highest BCUT2D eigenvalue weighted by Gasteiger charge is 2.39. The Morgan fingerprint density at radius 3 is 2.81 bits per heavy atom. The molecule has 8 heteroatoms. The van der Waals surface area contributed by atoms with Gasteiger partial charge in [-0.25, -0.2) is 0 Å². The summed E-state index contributed by atoms with van der Waals surface area (Å²) in [7, 11) is 0. The Kier molecular flexibility index (Phi) is 4.13. The lowest BCUT2D eigenvalue weighted by atomic mass is 10.1. The van der Waals surface area contributed by atoms with Crippen molar-refractivity contribution in [2.45, 2.75) is 24.6 Å². The molecule has 0 radical (unpaired) electrons. The standard InChI is InChI=1S/C13H13BrClNO5/c14-5-1-2-6-9(10(5)15)8(3-16-6)21-13-12(19)11(18)7(17)4-20-13/h1-3,7,11-13,16-19H,4H2/t7-,11+,12?,13-/m0/s1. The van der Waals surface area contributed by atoms with Gasteiger partial charge in [-0.1, -0.05) is 11.6 Å². The summed E-state index contributed by atoms with van der Waals surface area (Å²) >= 11 is 9.57. The molecule has 1 aliphatic rings. The first-order valence-electron chi connectivity index (χ1n) is 6.26. The zero-order valence-electron chi connectivity index (χ0n) is 10.7. The minimum Gasteiger partial charge on any atom is -0.460 e. The van der Waals surface area contributed by atoms with Gasteiger partial charge in [-0.05, 0) is 28.1 Å². The summed E-state index contributed by atoms with van der Waals surface area (Å²) in [5.41, 5.74) is 0.768. The van der Waals surface area contributed by atoms with E-state index in [2.05, 4.69) is 20.9 Å². The highest BCUT2D eigenvalue weighted by molar-refractivity contribution is 9.10. The van der Waals surface area contributed by atoms with E-state index in [4.69, 9.17) is 21.1 Å². The van der Waals surface area contributed by atoms with Crippen LogP contribution in [0.15, 0.2) is 22.8 Å². The van der Waals surface area contributed by atoms with Gasteiger partial charge >= 0.3 is 0 Å². The van der Waals surface area contributed by atoms with Crippen LogP contribution in [-0.4, -0.2) is 51.5 Å². The van der Waals surface area contributed by atoms with E-state index in [1.165, 1.54) is 0 Å². The summed E-state index contributed by atoms with van der Waals surface area (Å²) in [4.78, 5) is 3.00. The molecular formula is C13H13BrClNO5. The SMILES string of the molecule is OC1[C@H](Oc2c[nH]c3ccc(Br)c(Cl)c23)OC[C@H](O)[C@H]1O. The number of ether oxygens (including phenoxy) is 2. The van der Waals surface area contributed by atoms with Gasteiger partial charge in [0, 0.05) is 10.7 Å². The molecule has 6 nitrogen and oxygen atoms in total. The van der Waals surface area contributed by atoms with E-state index in [0.29, 0.717) is 20.6 Å². The highest BCUT2D eigenvalue weighted by Crippen LogP contribution is 2.37. The summed E-state index contributed by atoms with van der Waals surface area (Å²) in [6.45, 7) is -0.122. The number of nitrogens with one attached hydrogen (secondary N) is 1. The van der Waals surface area contributed by atoms with E-state index in [-0.39, 0.29) is 6.61 Å². The average Bonchev–Trinajstić information content (AvgIpc) is 2.87. The molecule has 0 amide bonds. The van der Waals surface area contributed by atoms with Crippen LogP contribution in [0.2, 0.25) is 5.02 Å². The molecule has 4 N–H and O–H groups in total. The fourth-order valence-corrected chi connectivity index (χ4v) is 2.82. The molecule has 1 aromatic carbocycles. The molecule has 0 bridgehead atoms. The number of hydrogen-bond donors (Lipinski definition) is 4. The zero-order valence-corrected chi connectivity index (χ0v) is 13.0. The molecule has 2 heterocycles. The van der Waals surface area contributed by atoms with Crippen molar-refractivity contribution in [3.8, 4) is 5.75 Å². The molecule has 0 spiro atoms. The second-order valence-corrected chi connectivity index (χ2v) is 6.04. The molecule has 1 fully saturated rings. The van der Waals surface area contributed by atoms with E-state index in [1.54, 1.807) is 12.3 Å². The first-order chi connectivity index (χ1) is 9.99. The fraction of sp³-hybridized carbons (Fsp3) is 0.385. The lowest BCUT2D eigenvalue weighted by Gasteiger charge is -2.34. The smallest absolute Gasteiger partial charge is 0.229 e. The van der Waals surface area contributed by atoms with Crippen molar-refractivity contribution in [3.63, 3.8) is 0 Å². The summed E-state index contributed by atoms with van der Waals surface area (Å²) in [6, 6.07) is 3.63. The monoisotopic (exact) mass is 377 g/mol. The third kappa shape index (κ3) is 2.65. The van der Waals surface area contributed by atoms with Crippen molar-refractivity contribution in [2.24, 2.45) is 0 Å². The van der Waals surface area contributed by atoms with Crippen molar-refractivity contribution in [2.75, 3.05) is 6.61 Å². The predicted octanol–water partition coefficient (Wildman–Crippen LogP) is 1.40. The first-order valence-corrected chi connectivity index (χ1v) is 7.43. The van der Waals surface area contributed by atoms with Crippen LogP contribution in [0.3, 0.4) is 0 Å². The van der Waals surface area contributed by atoms with Crippen LogP contribution in [-0.2, 0) is 4.74 Å². The van der Waals surface area contributed by atoms with Crippen LogP contribution in [0, 0.1) is 0 Å². The number of fused-ring (bicyclic) bond motifs is 1. The van der Waals surface area contributed by atoms with Crippen molar-refractivity contribution in [1.29, 1.82) is 0 Å². The van der Waals surface area contributed by atoms with Gasteiger partial charge in [-0.3, -0.25) is 0 Å². The molecule has 0 aliphatic carbocycles. The van der Waals surface area contributed by atoms with Crippen LogP contribution in [0.5, 0.6) is 5.75 Å². The van der Waals surface area contributed by atoms with Crippen molar-refractivity contribution >= 4 is 38.4 Å². The number of benzene rings is 1. The molecule has 3 rings (SSSR count). The van der Waals surface area contributed by atoms with Crippen molar-refractivity contribution in [3.05, 3.63) is 27.8 Å². The highest BCUT2D eigenvalue weighted by atomic mass is 79.9. The summed E-state index contributed by atoms with van der Waals surface area (Å²) < 4.78 is 11.5. The number of rotatable bonds is 2. The molecular weight excluding hydrogens is 366 g/mol. The minimum absolute atomic E-state index is 0.122. The normalized spacial score (nSPS) is 29.8. The van der Waals surface area contributed by atoms with Gasteiger partial charge in [-0.15, -0.1) is 0 Å². The summed E-state index contributed by atoms with van der Waals surface area (Å²) in [5, 5.41) is 30.1. The maximum absolute atomic E-state index is 9.89. The number of aromatic amines is 1. The van der Waals surface area contributed by atoms with E-state index < -0.39 is 24.6 Å². The van der Waals surface area contributed by atoms with Crippen LogP contribution >= 0.6 is 27.5 Å². The summed E-state index contributed by atoms with van der Waals surface area (Å²) in [6.07, 6.45) is -3.31. The Hall–Kier alpha value is -0.830. The zero-order chi connectivity index (χ0) is 15.1. The number of hydrogen-bond acceptors (Lipinski definition) is 5. The van der Waals surface area contributed by atoms with E-state index in [9.17, 15) is 15.3 Å². The second kappa shape index (κ2) is 5.75. The van der Waals surface area contributed by atoms with Gasteiger partial charge in [-0.2, -0.15) is 0 Å². The topological polar surface area (TPSA) is 94.9 Å². The number of aromatic nitrogens is 1. The molecule has 1 aliphatic heterocycles. The number of aliphatic hydroxyl groups excluding tert-OH is 3. The lowest BCUT2D eigenvalue weighted by Crippen LogP contribution is -2.54. The van der Waals surface area contributed by atoms with Gasteiger partial charge in [0.2, 0.25) is 6.29 Å². The number of aliphatic hydroxyl groups is 3. The van der Waals surface area contributed by atoms with E-state index >= 15 is 0 Å². The van der Waals surface area contributed by atoms with Gasteiger partial charge in [0.05, 0.1) is 22.5 Å². The van der Waals surface area contributed by atoms with Crippen LogP contribution < -0.4 is 4.74 Å². The van der Waals surface area contributed by atoms with Gasteiger partial charge in [0.1, 0.15) is 24.1 Å². The Morgan fingerprint density at radius 2 is 2.05 bits per heavy atom. The lowest BCUT2D eigenvalue weighted by molar-refractivity contribution is -0.241. The Labute approximate surface area is 133 Å². The Morgan fingerprint density at radius 1 is 1.29 bits per heavy atom. The molecule has 114 valence electrons. The third-order valence-corrected chi connectivity index (χ3v) is 4.68. The van der Waals surface area contributed by atoms with Crippen LogP contribution in [0.1, 0.15) is 0 Å². The molecule has 0 saturated carbocycles. The fourth-order valence-electron chi connectivity index (χ4n) is 2.23. The number of H-pyrrole nitrogens is 1. The van der Waals surface area contributed by atoms with E-state index in [1.807, 2.05) is 6.07 Å². The third-order valence-electron chi connectivity index (χ3n) is 3.40. The molecule has 4 atom stereocenters. The van der Waals surface area contributed by atoms with E-state index in [0.717, 1.165) is 5.52 Å². The van der Waals surface area contributed by atoms with Gasteiger partial charge in [0.25, 0.3) is 0 Å². The average molecular weight is 379 g/mol. The Balaban J connectivity index is 1.90. The molecule has 1 saturated heterocycles. The van der Waals surface area contributed by atoms with Crippen LogP contribution in [0.4, 0.5) is 0 Å². The molecule has 1 aromatic heterocycles. The largest absolute Gasteiger partial charge is 0.460 e. The van der Waals surface area contributed by atoms with Crippen molar-refractivity contribution < 1.29 is 24.8 Å². The minimum atomic E-state index is -1.36. The van der Waals surface area contributed by atoms with Gasteiger partial charge in [0.15, 0.2) is 0 Å². The predicted molar refractivity (Wildman–Crippen MR) is 79.4 cm³/mol. The quantitative estimate of drug-likeness (QED) is 0.634. The second-order valence-electron chi connectivity index (χ2n) is 4.80. The summed E-state index contributed by atoms with van der Waals surface area (Å²) in [5.74, 6) is 0.393.